The molecule has 0 saturated heterocycles. The van der Waals surface area contributed by atoms with Gasteiger partial charge in [0.2, 0.25) is 0 Å². The van der Waals surface area contributed by atoms with E-state index in [4.69, 9.17) is 10.5 Å². The molecule has 0 bridgehead atoms. The maximum atomic E-state index is 5.75. The SMILES string of the molecule is COCCCN(C)c1ccc(CC(C)N)cn1. The Kier molecular flexibility index (Phi) is 5.94. The highest BCUT2D eigenvalue weighted by molar-refractivity contribution is 5.38. The van der Waals surface area contributed by atoms with Crippen molar-refractivity contribution < 1.29 is 4.74 Å². The molecule has 0 amide bonds. The maximum absolute atomic E-state index is 5.75. The van der Waals surface area contributed by atoms with Crippen molar-refractivity contribution in [1.82, 2.24) is 4.98 Å². The molecule has 0 fully saturated rings. The van der Waals surface area contributed by atoms with Gasteiger partial charge in [0.05, 0.1) is 0 Å². The molecule has 0 saturated carbocycles. The van der Waals surface area contributed by atoms with Crippen LogP contribution in [0.5, 0.6) is 0 Å². The van der Waals surface area contributed by atoms with Crippen molar-refractivity contribution in [3.8, 4) is 0 Å². The summed E-state index contributed by atoms with van der Waals surface area (Å²) in [7, 11) is 3.77. The molecule has 0 aliphatic rings. The van der Waals surface area contributed by atoms with E-state index in [2.05, 4.69) is 16.0 Å². The molecule has 4 nitrogen and oxygen atoms in total. The Labute approximate surface area is 104 Å². The monoisotopic (exact) mass is 237 g/mol. The topological polar surface area (TPSA) is 51.4 Å². The predicted molar refractivity (Wildman–Crippen MR) is 71.4 cm³/mol. The zero-order valence-electron chi connectivity index (χ0n) is 11.0. The zero-order chi connectivity index (χ0) is 12.7. The van der Waals surface area contributed by atoms with Crippen LogP contribution in [0.3, 0.4) is 0 Å². The number of ether oxygens (including phenoxy) is 1. The van der Waals surface area contributed by atoms with E-state index >= 15 is 0 Å². The van der Waals surface area contributed by atoms with Crippen molar-refractivity contribution >= 4 is 5.82 Å². The summed E-state index contributed by atoms with van der Waals surface area (Å²) in [5.41, 5.74) is 6.94. The van der Waals surface area contributed by atoms with Crippen molar-refractivity contribution in [2.45, 2.75) is 25.8 Å². The van der Waals surface area contributed by atoms with Crippen LogP contribution in [0.15, 0.2) is 18.3 Å². The molecule has 0 spiro atoms. The average molecular weight is 237 g/mol. The summed E-state index contributed by atoms with van der Waals surface area (Å²) in [4.78, 5) is 6.57. The van der Waals surface area contributed by atoms with E-state index < -0.39 is 0 Å². The molecule has 96 valence electrons. The van der Waals surface area contributed by atoms with Gasteiger partial charge < -0.3 is 15.4 Å². The minimum Gasteiger partial charge on any atom is -0.385 e. The Morgan fingerprint density at radius 1 is 1.47 bits per heavy atom. The molecular weight excluding hydrogens is 214 g/mol. The van der Waals surface area contributed by atoms with Crippen LogP contribution in [0, 0.1) is 0 Å². The van der Waals surface area contributed by atoms with Gasteiger partial charge in [-0.2, -0.15) is 0 Å². The van der Waals surface area contributed by atoms with Gasteiger partial charge in [-0.15, -0.1) is 0 Å². The molecular formula is C13H23N3O. The van der Waals surface area contributed by atoms with E-state index in [9.17, 15) is 0 Å². The number of methoxy groups -OCH3 is 1. The van der Waals surface area contributed by atoms with Gasteiger partial charge in [-0.05, 0) is 31.4 Å². The van der Waals surface area contributed by atoms with E-state index in [1.54, 1.807) is 7.11 Å². The van der Waals surface area contributed by atoms with Gasteiger partial charge in [0.1, 0.15) is 5.82 Å². The third kappa shape index (κ3) is 5.15. The summed E-state index contributed by atoms with van der Waals surface area (Å²) >= 11 is 0. The van der Waals surface area contributed by atoms with Crippen molar-refractivity contribution in [2.24, 2.45) is 5.73 Å². The first kappa shape index (κ1) is 13.9. The van der Waals surface area contributed by atoms with Crippen molar-refractivity contribution in [3.63, 3.8) is 0 Å². The first-order chi connectivity index (χ1) is 8.13. The third-order valence-corrected chi connectivity index (χ3v) is 2.60. The summed E-state index contributed by atoms with van der Waals surface area (Å²) in [5.74, 6) is 0.995. The minimum atomic E-state index is 0.182. The number of rotatable bonds is 7. The molecule has 0 radical (unpaired) electrons. The lowest BCUT2D eigenvalue weighted by Crippen LogP contribution is -2.21. The summed E-state index contributed by atoms with van der Waals surface area (Å²) in [6.45, 7) is 3.74. The molecule has 1 heterocycles. The van der Waals surface area contributed by atoms with Gasteiger partial charge in [-0.3, -0.25) is 0 Å². The summed E-state index contributed by atoms with van der Waals surface area (Å²) in [5, 5.41) is 0. The highest BCUT2D eigenvalue weighted by Crippen LogP contribution is 2.10. The largest absolute Gasteiger partial charge is 0.385 e. The molecule has 4 heteroatoms. The van der Waals surface area contributed by atoms with Crippen LogP contribution in [-0.2, 0) is 11.2 Å². The van der Waals surface area contributed by atoms with Crippen molar-refractivity contribution in [1.29, 1.82) is 0 Å². The second-order valence-electron chi connectivity index (χ2n) is 4.47. The number of hydrogen-bond acceptors (Lipinski definition) is 4. The lowest BCUT2D eigenvalue weighted by molar-refractivity contribution is 0.196. The fourth-order valence-electron chi connectivity index (χ4n) is 1.70. The fourth-order valence-corrected chi connectivity index (χ4v) is 1.70. The lowest BCUT2D eigenvalue weighted by atomic mass is 10.1. The van der Waals surface area contributed by atoms with Crippen LogP contribution in [-0.4, -0.2) is 38.3 Å². The van der Waals surface area contributed by atoms with Gasteiger partial charge in [-0.1, -0.05) is 6.07 Å². The Hall–Kier alpha value is -1.13. The molecule has 1 aromatic heterocycles. The standard InChI is InChI=1S/C13H23N3O/c1-11(14)9-12-5-6-13(15-10-12)16(2)7-4-8-17-3/h5-6,10-11H,4,7-9,14H2,1-3H3. The van der Waals surface area contributed by atoms with Gasteiger partial charge in [-0.25, -0.2) is 4.98 Å². The highest BCUT2D eigenvalue weighted by atomic mass is 16.5. The number of nitrogens with two attached hydrogens (primary N) is 1. The van der Waals surface area contributed by atoms with Crippen molar-refractivity contribution in [2.75, 3.05) is 32.2 Å². The van der Waals surface area contributed by atoms with Gasteiger partial charge in [0, 0.05) is 39.5 Å². The first-order valence-corrected chi connectivity index (χ1v) is 6.04. The first-order valence-electron chi connectivity index (χ1n) is 6.04. The Balaban J connectivity index is 2.48. The highest BCUT2D eigenvalue weighted by Gasteiger charge is 2.03. The molecule has 1 rings (SSSR count). The molecule has 1 aromatic rings. The molecule has 17 heavy (non-hydrogen) atoms. The number of hydrogen-bond donors (Lipinski definition) is 1. The van der Waals surface area contributed by atoms with E-state index in [0.29, 0.717) is 0 Å². The predicted octanol–water partition coefficient (Wildman–Crippen LogP) is 1.44. The summed E-state index contributed by atoms with van der Waals surface area (Å²) in [6.07, 6.45) is 3.79. The van der Waals surface area contributed by atoms with Crippen LogP contribution < -0.4 is 10.6 Å². The lowest BCUT2D eigenvalue weighted by Gasteiger charge is -2.18. The van der Waals surface area contributed by atoms with Gasteiger partial charge in [0.15, 0.2) is 0 Å². The fraction of sp³-hybridized carbons (Fsp3) is 0.615. The molecule has 0 aliphatic heterocycles. The van der Waals surface area contributed by atoms with Crippen LogP contribution >= 0.6 is 0 Å². The van der Waals surface area contributed by atoms with E-state index in [1.807, 2.05) is 26.2 Å². The number of pyridine rings is 1. The third-order valence-electron chi connectivity index (χ3n) is 2.60. The van der Waals surface area contributed by atoms with E-state index in [1.165, 1.54) is 5.56 Å². The normalized spacial score (nSPS) is 12.5. The Morgan fingerprint density at radius 3 is 2.76 bits per heavy atom. The number of aromatic nitrogens is 1. The molecule has 0 aromatic carbocycles. The average Bonchev–Trinajstić information content (AvgIpc) is 2.29. The molecule has 2 N–H and O–H groups in total. The number of anilines is 1. The quantitative estimate of drug-likeness (QED) is 0.729. The van der Waals surface area contributed by atoms with Crippen LogP contribution in [0.1, 0.15) is 18.9 Å². The second-order valence-corrected chi connectivity index (χ2v) is 4.47. The summed E-state index contributed by atoms with van der Waals surface area (Å²) < 4.78 is 5.03. The van der Waals surface area contributed by atoms with Crippen LogP contribution in [0.25, 0.3) is 0 Å². The van der Waals surface area contributed by atoms with Gasteiger partial charge >= 0.3 is 0 Å². The van der Waals surface area contributed by atoms with E-state index in [0.717, 1.165) is 31.8 Å². The molecule has 0 aliphatic carbocycles. The van der Waals surface area contributed by atoms with E-state index in [-0.39, 0.29) is 6.04 Å². The maximum Gasteiger partial charge on any atom is 0.128 e. The Bertz CT molecular complexity index is 311. The van der Waals surface area contributed by atoms with Crippen molar-refractivity contribution in [3.05, 3.63) is 23.9 Å². The van der Waals surface area contributed by atoms with Crippen LogP contribution in [0.4, 0.5) is 5.82 Å². The summed E-state index contributed by atoms with van der Waals surface area (Å²) in [6, 6.07) is 4.32. The Morgan fingerprint density at radius 2 is 2.24 bits per heavy atom. The van der Waals surface area contributed by atoms with Gasteiger partial charge in [0.25, 0.3) is 0 Å². The molecule has 1 unspecified atom stereocenters. The second kappa shape index (κ2) is 7.25. The smallest absolute Gasteiger partial charge is 0.128 e. The zero-order valence-corrected chi connectivity index (χ0v) is 11.0. The number of nitrogens with zero attached hydrogens (tertiary/aromatic N) is 2. The minimum absolute atomic E-state index is 0.182. The molecule has 1 atom stereocenters. The van der Waals surface area contributed by atoms with Crippen LogP contribution in [0.2, 0.25) is 0 Å².